The molecule has 1 N–H and O–H groups in total. The van der Waals surface area contributed by atoms with Crippen molar-refractivity contribution in [3.8, 4) is 10.7 Å². The molecule has 5 heterocycles. The zero-order valence-electron chi connectivity index (χ0n) is 16.9. The minimum absolute atomic E-state index is 0.133. The van der Waals surface area contributed by atoms with Crippen molar-refractivity contribution in [1.82, 2.24) is 39.8 Å². The number of amides is 1. The Balaban J connectivity index is 1.23. The van der Waals surface area contributed by atoms with Crippen molar-refractivity contribution in [2.45, 2.75) is 26.3 Å². The summed E-state index contributed by atoms with van der Waals surface area (Å²) in [5.74, 6) is 0.569. The number of aromatic nitrogens is 8. The fraction of sp³-hybridized carbons (Fsp3) is 0.389. The summed E-state index contributed by atoms with van der Waals surface area (Å²) < 4.78 is 28.5. The van der Waals surface area contributed by atoms with Crippen molar-refractivity contribution < 1.29 is 13.6 Å². The Labute approximate surface area is 184 Å². The number of nitrogens with one attached hydrogen (secondary N) is 1. The Hall–Kier alpha value is -3.55. The fourth-order valence-corrected chi connectivity index (χ4v) is 4.66. The van der Waals surface area contributed by atoms with Crippen LogP contribution in [0.3, 0.4) is 0 Å². The zero-order valence-corrected chi connectivity index (χ0v) is 17.7. The highest BCUT2D eigenvalue weighted by molar-refractivity contribution is 7.19. The zero-order chi connectivity index (χ0) is 22.2. The number of anilines is 2. The lowest BCUT2D eigenvalue weighted by Gasteiger charge is -2.31. The van der Waals surface area contributed by atoms with Crippen LogP contribution in [-0.4, -0.2) is 58.8 Å². The minimum atomic E-state index is -2.70. The van der Waals surface area contributed by atoms with Crippen LogP contribution in [-0.2, 0) is 4.79 Å². The van der Waals surface area contributed by atoms with Gasteiger partial charge >= 0.3 is 6.55 Å². The van der Waals surface area contributed by atoms with E-state index in [0.29, 0.717) is 47.3 Å². The molecular weight excluding hydrogens is 442 g/mol. The van der Waals surface area contributed by atoms with Crippen molar-refractivity contribution in [3.05, 3.63) is 30.2 Å². The van der Waals surface area contributed by atoms with Crippen LogP contribution in [0.5, 0.6) is 0 Å². The van der Waals surface area contributed by atoms with Crippen molar-refractivity contribution in [1.29, 1.82) is 0 Å². The number of piperidine rings is 1. The second-order valence-corrected chi connectivity index (χ2v) is 8.34. The van der Waals surface area contributed by atoms with Gasteiger partial charge in [0, 0.05) is 31.4 Å². The number of carbonyl (C=O) groups is 1. The Morgan fingerprint density at radius 3 is 2.88 bits per heavy atom. The standard InChI is InChI=1S/C18H18F2N10OS/c1-10-14(15-21-6-9-29(15)17(19)20)32-18(22-10)23-16(31)11-4-7-28(8-5-11)13-3-2-12-24-26-27-30(12)25-13/h2-3,6,9,11,17H,4-5,7-8H2,1H3,(H,22,23,31). The predicted octanol–water partition coefficient (Wildman–Crippen LogP) is 2.40. The molecule has 4 aromatic rings. The highest BCUT2D eigenvalue weighted by Crippen LogP contribution is 2.34. The number of nitrogens with zero attached hydrogens (tertiary/aromatic N) is 9. The highest BCUT2D eigenvalue weighted by atomic mass is 32.1. The summed E-state index contributed by atoms with van der Waals surface area (Å²) in [6.45, 7) is 0.325. The topological polar surface area (TPSA) is 119 Å². The molecular formula is C18H18F2N10OS. The van der Waals surface area contributed by atoms with Gasteiger partial charge in [-0.15, -0.1) is 14.8 Å². The van der Waals surface area contributed by atoms with Crippen molar-refractivity contribution in [2.24, 2.45) is 5.92 Å². The molecule has 1 saturated heterocycles. The third-order valence-electron chi connectivity index (χ3n) is 5.35. The Morgan fingerprint density at radius 2 is 2.09 bits per heavy atom. The van der Waals surface area contributed by atoms with Crippen molar-refractivity contribution >= 4 is 33.8 Å². The summed E-state index contributed by atoms with van der Waals surface area (Å²) in [5, 5.41) is 18.8. The molecule has 0 aromatic carbocycles. The predicted molar refractivity (Wildman–Crippen MR) is 111 cm³/mol. The summed E-state index contributed by atoms with van der Waals surface area (Å²) in [4.78, 5) is 23.7. The average molecular weight is 460 g/mol. The van der Waals surface area contributed by atoms with E-state index in [-0.39, 0.29) is 17.6 Å². The van der Waals surface area contributed by atoms with Crippen LogP contribution >= 0.6 is 11.3 Å². The quantitative estimate of drug-likeness (QED) is 0.482. The van der Waals surface area contributed by atoms with E-state index in [1.165, 1.54) is 17.0 Å². The van der Waals surface area contributed by atoms with Gasteiger partial charge < -0.3 is 10.2 Å². The first-order valence-corrected chi connectivity index (χ1v) is 10.7. The molecule has 32 heavy (non-hydrogen) atoms. The van der Waals surface area contributed by atoms with Crippen LogP contribution in [0.4, 0.5) is 19.7 Å². The first kappa shape index (κ1) is 20.4. The van der Waals surface area contributed by atoms with Crippen LogP contribution in [0.1, 0.15) is 25.1 Å². The molecule has 0 radical (unpaired) electrons. The molecule has 166 valence electrons. The molecule has 1 aliphatic heterocycles. The van der Waals surface area contributed by atoms with Gasteiger partial charge in [-0.1, -0.05) is 11.3 Å². The SMILES string of the molecule is Cc1nc(NC(=O)C2CCN(c3ccc4nnnn4n3)CC2)sc1-c1nccn1C(F)F. The molecule has 0 saturated carbocycles. The molecule has 0 unspecified atom stereocenters. The summed E-state index contributed by atoms with van der Waals surface area (Å²) >= 11 is 1.14. The molecule has 1 aliphatic rings. The third-order valence-corrected chi connectivity index (χ3v) is 6.42. The maximum atomic E-state index is 13.2. The number of halogens is 2. The normalized spacial score (nSPS) is 15.1. The van der Waals surface area contributed by atoms with Crippen molar-refractivity contribution in [3.63, 3.8) is 0 Å². The highest BCUT2D eigenvalue weighted by Gasteiger charge is 2.27. The minimum Gasteiger partial charge on any atom is -0.355 e. The van der Waals surface area contributed by atoms with Crippen LogP contribution < -0.4 is 10.2 Å². The number of fused-ring (bicyclic) bond motifs is 1. The Bertz CT molecular complexity index is 1260. The van der Waals surface area contributed by atoms with Crippen molar-refractivity contribution in [2.75, 3.05) is 23.3 Å². The summed E-state index contributed by atoms with van der Waals surface area (Å²) in [6, 6.07) is 3.65. The van der Waals surface area contributed by atoms with Gasteiger partial charge in [-0.3, -0.25) is 9.36 Å². The van der Waals surface area contributed by atoms with Crippen LogP contribution in [0.2, 0.25) is 0 Å². The van der Waals surface area contributed by atoms with Crippen LogP contribution in [0.15, 0.2) is 24.5 Å². The van der Waals surface area contributed by atoms with E-state index in [1.807, 2.05) is 6.07 Å². The van der Waals surface area contributed by atoms with Gasteiger partial charge in [-0.2, -0.15) is 8.78 Å². The molecule has 1 amide bonds. The number of thiazole rings is 1. The monoisotopic (exact) mass is 460 g/mol. The number of carbonyl (C=O) groups excluding carboxylic acids is 1. The van der Waals surface area contributed by atoms with E-state index in [0.717, 1.165) is 21.7 Å². The van der Waals surface area contributed by atoms with E-state index >= 15 is 0 Å². The van der Waals surface area contributed by atoms with Crippen LogP contribution in [0, 0.1) is 12.8 Å². The van der Waals surface area contributed by atoms with Gasteiger partial charge in [-0.05, 0) is 42.3 Å². The van der Waals surface area contributed by atoms with Gasteiger partial charge in [0.05, 0.1) is 10.6 Å². The van der Waals surface area contributed by atoms with Gasteiger partial charge in [-0.25, -0.2) is 9.97 Å². The molecule has 14 heteroatoms. The number of tetrazole rings is 1. The molecule has 0 atom stereocenters. The molecule has 0 spiro atoms. The molecule has 4 aromatic heterocycles. The van der Waals surface area contributed by atoms with E-state index in [4.69, 9.17) is 0 Å². The van der Waals surface area contributed by atoms with Gasteiger partial charge in [0.15, 0.2) is 22.4 Å². The smallest absolute Gasteiger partial charge is 0.320 e. The molecule has 5 rings (SSSR count). The average Bonchev–Trinajstić information content (AvgIpc) is 3.52. The van der Waals surface area contributed by atoms with Gasteiger partial charge in [0.25, 0.3) is 0 Å². The number of hydrogen-bond donors (Lipinski definition) is 1. The maximum Gasteiger partial charge on any atom is 0.320 e. The summed E-state index contributed by atoms with van der Waals surface area (Å²) in [6.07, 6.45) is 3.83. The maximum absolute atomic E-state index is 13.2. The Morgan fingerprint density at radius 1 is 1.28 bits per heavy atom. The van der Waals surface area contributed by atoms with E-state index in [9.17, 15) is 13.6 Å². The third kappa shape index (κ3) is 3.77. The molecule has 0 aliphatic carbocycles. The number of rotatable bonds is 5. The Kier molecular flexibility index (Phi) is 5.20. The van der Waals surface area contributed by atoms with E-state index in [2.05, 4.69) is 40.8 Å². The largest absolute Gasteiger partial charge is 0.355 e. The lowest BCUT2D eigenvalue weighted by atomic mass is 9.96. The molecule has 0 bridgehead atoms. The van der Waals surface area contributed by atoms with Crippen LogP contribution in [0.25, 0.3) is 16.3 Å². The first-order valence-electron chi connectivity index (χ1n) is 9.89. The second kappa shape index (κ2) is 8.18. The number of alkyl halides is 2. The van der Waals surface area contributed by atoms with Gasteiger partial charge in [0.1, 0.15) is 0 Å². The number of hydrogen-bond acceptors (Lipinski definition) is 9. The fourth-order valence-electron chi connectivity index (χ4n) is 3.69. The van der Waals surface area contributed by atoms with E-state index in [1.54, 1.807) is 13.0 Å². The van der Waals surface area contributed by atoms with E-state index < -0.39 is 6.55 Å². The number of aryl methyl sites for hydroxylation is 1. The molecule has 11 nitrogen and oxygen atoms in total. The first-order chi connectivity index (χ1) is 15.5. The van der Waals surface area contributed by atoms with Gasteiger partial charge in [0.2, 0.25) is 5.91 Å². The second-order valence-electron chi connectivity index (χ2n) is 7.34. The summed E-state index contributed by atoms with van der Waals surface area (Å²) in [7, 11) is 0. The lowest BCUT2D eigenvalue weighted by molar-refractivity contribution is -0.120. The molecule has 1 fully saturated rings. The summed E-state index contributed by atoms with van der Waals surface area (Å²) in [5.41, 5.74) is 1.11. The lowest BCUT2D eigenvalue weighted by Crippen LogP contribution is -2.38. The number of imidazole rings is 1.